The third kappa shape index (κ3) is 5.24. The maximum Gasteiger partial charge on any atom is 0.573 e. The average molecular weight is 370 g/mol. The van der Waals surface area contributed by atoms with Crippen LogP contribution < -0.4 is 15.2 Å². The molecule has 132 valence electrons. The van der Waals surface area contributed by atoms with Gasteiger partial charge in [-0.05, 0) is 35.4 Å². The predicted molar refractivity (Wildman–Crippen MR) is 80.3 cm³/mol. The Morgan fingerprint density at radius 1 is 0.875 bits per heavy atom. The van der Waals surface area contributed by atoms with E-state index < -0.39 is 23.7 Å². The summed E-state index contributed by atoms with van der Waals surface area (Å²) < 4.78 is 72.3. The quantitative estimate of drug-likeness (QED) is 0.800. The number of hydrogen-bond acceptors (Lipinski definition) is 3. The Balaban J connectivity index is 0.00000288. The molecule has 0 aliphatic heterocycles. The number of nitrogens with two attached hydrogens (primary N) is 1. The Morgan fingerprint density at radius 3 is 2.08 bits per heavy atom. The molecule has 0 atom stereocenters. The first kappa shape index (κ1) is 20.0. The summed E-state index contributed by atoms with van der Waals surface area (Å²) in [5, 5.41) is 0. The Morgan fingerprint density at radius 2 is 1.50 bits per heavy atom. The normalized spacial score (nSPS) is 10.9. The highest BCUT2D eigenvalue weighted by Crippen LogP contribution is 2.36. The number of alkyl halides is 3. The molecule has 0 fully saturated rings. The molecule has 0 saturated heterocycles. The molecule has 0 spiro atoms. The molecule has 2 N–H and O–H groups in total. The summed E-state index contributed by atoms with van der Waals surface area (Å²) in [4.78, 5) is 0. The van der Waals surface area contributed by atoms with E-state index in [0.717, 1.165) is 18.2 Å². The molecule has 0 saturated carbocycles. The van der Waals surface area contributed by atoms with Gasteiger partial charge in [-0.2, -0.15) is 0 Å². The lowest BCUT2D eigenvalue weighted by atomic mass is 10.0. The van der Waals surface area contributed by atoms with Crippen LogP contribution in [0.25, 0.3) is 11.1 Å². The van der Waals surface area contributed by atoms with Crippen molar-refractivity contribution in [3.63, 3.8) is 0 Å². The highest BCUT2D eigenvalue weighted by molar-refractivity contribution is 5.85. The van der Waals surface area contributed by atoms with E-state index in [-0.39, 0.29) is 36.9 Å². The van der Waals surface area contributed by atoms with Crippen molar-refractivity contribution in [1.29, 1.82) is 0 Å². The summed E-state index contributed by atoms with van der Waals surface area (Å²) in [6, 6.07) is 6.71. The van der Waals surface area contributed by atoms with Gasteiger partial charge in [-0.3, -0.25) is 0 Å². The fourth-order valence-corrected chi connectivity index (χ4v) is 1.85. The van der Waals surface area contributed by atoms with Crippen LogP contribution >= 0.6 is 12.4 Å². The summed E-state index contributed by atoms with van der Waals surface area (Å²) in [5.41, 5.74) is 5.88. The van der Waals surface area contributed by atoms with Crippen LogP contribution in [0.15, 0.2) is 36.4 Å². The molecule has 9 heteroatoms. The molecular weight excluding hydrogens is 357 g/mol. The van der Waals surface area contributed by atoms with Gasteiger partial charge in [-0.25, -0.2) is 8.78 Å². The summed E-state index contributed by atoms with van der Waals surface area (Å²) in [6.07, 6.45) is -4.88. The van der Waals surface area contributed by atoms with Crippen LogP contribution in [0.2, 0.25) is 0 Å². The van der Waals surface area contributed by atoms with Crippen molar-refractivity contribution in [3.05, 3.63) is 48.0 Å². The summed E-state index contributed by atoms with van der Waals surface area (Å²) in [7, 11) is 0. The molecule has 0 radical (unpaired) electrons. The first-order valence-corrected chi connectivity index (χ1v) is 6.48. The van der Waals surface area contributed by atoms with Crippen molar-refractivity contribution in [3.8, 4) is 22.6 Å². The molecule has 2 rings (SSSR count). The topological polar surface area (TPSA) is 44.5 Å². The largest absolute Gasteiger partial charge is 0.573 e. The van der Waals surface area contributed by atoms with Crippen molar-refractivity contribution in [1.82, 2.24) is 0 Å². The molecule has 0 bridgehead atoms. The van der Waals surface area contributed by atoms with Crippen molar-refractivity contribution < 1.29 is 31.4 Å². The predicted octanol–water partition coefficient (Wildman–Crippen LogP) is 4.29. The van der Waals surface area contributed by atoms with Gasteiger partial charge >= 0.3 is 6.36 Å². The summed E-state index contributed by atoms with van der Waals surface area (Å²) in [6.45, 7) is 0.0519. The van der Waals surface area contributed by atoms with E-state index in [0.29, 0.717) is 5.56 Å². The van der Waals surface area contributed by atoms with Crippen molar-refractivity contribution in [2.24, 2.45) is 5.73 Å². The van der Waals surface area contributed by atoms with E-state index in [2.05, 4.69) is 4.74 Å². The van der Waals surface area contributed by atoms with Crippen LogP contribution in [0.1, 0.15) is 0 Å². The molecule has 24 heavy (non-hydrogen) atoms. The standard InChI is InChI=1S/C15H12F5NO2.ClH/c16-11-3-1-9(7-12(11)17)10-2-4-13(23-15(18,19)20)14(8-10)22-6-5-21;/h1-4,7-8H,5-6,21H2;1H. The number of rotatable bonds is 5. The van der Waals surface area contributed by atoms with E-state index in [4.69, 9.17) is 10.5 Å². The van der Waals surface area contributed by atoms with Gasteiger partial charge in [0.1, 0.15) is 6.61 Å². The first-order chi connectivity index (χ1) is 10.8. The molecule has 0 aliphatic carbocycles. The second kappa shape index (κ2) is 8.16. The van der Waals surface area contributed by atoms with Gasteiger partial charge in [-0.15, -0.1) is 25.6 Å². The summed E-state index contributed by atoms with van der Waals surface area (Å²) >= 11 is 0. The van der Waals surface area contributed by atoms with Crippen molar-refractivity contribution in [2.75, 3.05) is 13.2 Å². The molecule has 0 aromatic heterocycles. The van der Waals surface area contributed by atoms with Crippen molar-refractivity contribution >= 4 is 12.4 Å². The van der Waals surface area contributed by atoms with Gasteiger partial charge in [0.15, 0.2) is 23.1 Å². The zero-order valence-electron chi connectivity index (χ0n) is 12.1. The van der Waals surface area contributed by atoms with Gasteiger partial charge in [0.25, 0.3) is 0 Å². The molecule has 0 aliphatic rings. The fourth-order valence-electron chi connectivity index (χ4n) is 1.85. The van der Waals surface area contributed by atoms with E-state index in [1.54, 1.807) is 0 Å². The average Bonchev–Trinajstić information content (AvgIpc) is 2.47. The van der Waals surface area contributed by atoms with Crippen LogP contribution in [-0.2, 0) is 0 Å². The first-order valence-electron chi connectivity index (χ1n) is 6.48. The Labute approximate surface area is 140 Å². The molecule has 2 aromatic carbocycles. The number of benzene rings is 2. The Hall–Kier alpha value is -2.06. The van der Waals surface area contributed by atoms with Gasteiger partial charge in [0.05, 0.1) is 0 Å². The molecule has 2 aromatic rings. The third-order valence-corrected chi connectivity index (χ3v) is 2.80. The minimum Gasteiger partial charge on any atom is -0.488 e. The van der Waals surface area contributed by atoms with Gasteiger partial charge < -0.3 is 15.2 Å². The maximum absolute atomic E-state index is 13.3. The lowest BCUT2D eigenvalue weighted by molar-refractivity contribution is -0.275. The van der Waals surface area contributed by atoms with Crippen LogP contribution in [0.4, 0.5) is 22.0 Å². The lowest BCUT2D eigenvalue weighted by Crippen LogP contribution is -2.18. The molecule has 0 unspecified atom stereocenters. The zero-order chi connectivity index (χ0) is 17.0. The monoisotopic (exact) mass is 369 g/mol. The van der Waals surface area contributed by atoms with E-state index in [1.807, 2.05) is 0 Å². The van der Waals surface area contributed by atoms with Crippen molar-refractivity contribution in [2.45, 2.75) is 6.36 Å². The maximum atomic E-state index is 13.3. The summed E-state index contributed by atoms with van der Waals surface area (Å²) in [5.74, 6) is -2.83. The lowest BCUT2D eigenvalue weighted by Gasteiger charge is -2.15. The van der Waals surface area contributed by atoms with Gasteiger partial charge in [0.2, 0.25) is 0 Å². The van der Waals surface area contributed by atoms with Crippen LogP contribution in [0.3, 0.4) is 0 Å². The molecular formula is C15H13ClF5NO2. The van der Waals surface area contributed by atoms with Gasteiger partial charge in [-0.1, -0.05) is 12.1 Å². The third-order valence-electron chi connectivity index (χ3n) is 2.80. The second-order valence-corrected chi connectivity index (χ2v) is 4.48. The van der Waals surface area contributed by atoms with E-state index in [1.165, 1.54) is 18.2 Å². The van der Waals surface area contributed by atoms with Crippen LogP contribution in [-0.4, -0.2) is 19.5 Å². The number of hydrogen-bond donors (Lipinski definition) is 1. The van der Waals surface area contributed by atoms with E-state index in [9.17, 15) is 22.0 Å². The van der Waals surface area contributed by atoms with Crippen LogP contribution in [0.5, 0.6) is 11.5 Å². The minimum atomic E-state index is -4.88. The molecule has 3 nitrogen and oxygen atoms in total. The highest BCUT2D eigenvalue weighted by Gasteiger charge is 2.32. The number of ether oxygens (including phenoxy) is 2. The molecule has 0 heterocycles. The van der Waals surface area contributed by atoms with E-state index >= 15 is 0 Å². The second-order valence-electron chi connectivity index (χ2n) is 4.48. The van der Waals surface area contributed by atoms with Gasteiger partial charge in [0, 0.05) is 6.54 Å². The SMILES string of the molecule is Cl.NCCOc1cc(-c2ccc(F)c(F)c2)ccc1OC(F)(F)F. The Bertz CT molecular complexity index is 694. The minimum absolute atomic E-state index is 0. The zero-order valence-corrected chi connectivity index (χ0v) is 12.9. The highest BCUT2D eigenvalue weighted by atomic mass is 35.5. The Kier molecular flexibility index (Phi) is 6.80. The molecule has 0 amide bonds. The van der Waals surface area contributed by atoms with Crippen LogP contribution in [0, 0.1) is 11.6 Å². The number of halogens is 6. The smallest absolute Gasteiger partial charge is 0.488 e. The fraction of sp³-hybridized carbons (Fsp3) is 0.200.